The van der Waals surface area contributed by atoms with E-state index in [1.54, 1.807) is 7.11 Å². The highest BCUT2D eigenvalue weighted by molar-refractivity contribution is 5.48. The third kappa shape index (κ3) is 1.57. The second-order valence-corrected chi connectivity index (χ2v) is 5.30. The summed E-state index contributed by atoms with van der Waals surface area (Å²) in [6.07, 6.45) is 3.46. The highest BCUT2D eigenvalue weighted by Crippen LogP contribution is 2.52. The van der Waals surface area contributed by atoms with E-state index in [4.69, 9.17) is 10.5 Å². The molecule has 3 nitrogen and oxygen atoms in total. The zero-order valence-corrected chi connectivity index (χ0v) is 10.3. The molecule has 2 aliphatic rings. The van der Waals surface area contributed by atoms with E-state index in [9.17, 15) is 0 Å². The summed E-state index contributed by atoms with van der Waals surface area (Å²) in [5, 5.41) is 3.43. The van der Waals surface area contributed by atoms with E-state index in [-0.39, 0.29) is 11.5 Å². The van der Waals surface area contributed by atoms with Gasteiger partial charge in [0.05, 0.1) is 7.11 Å². The molecule has 1 aliphatic carbocycles. The van der Waals surface area contributed by atoms with Crippen molar-refractivity contribution in [2.24, 2.45) is 11.1 Å². The van der Waals surface area contributed by atoms with E-state index >= 15 is 0 Å². The highest BCUT2D eigenvalue weighted by Gasteiger charge is 2.45. The van der Waals surface area contributed by atoms with Gasteiger partial charge in [0.25, 0.3) is 0 Å². The van der Waals surface area contributed by atoms with Gasteiger partial charge in [0.15, 0.2) is 0 Å². The zero-order chi connectivity index (χ0) is 11.9. The summed E-state index contributed by atoms with van der Waals surface area (Å²) >= 11 is 0. The molecular formula is C14H20N2O. The SMILES string of the molecule is COc1cccc2c1C(N)C1(CCNCC1)C2. The largest absolute Gasteiger partial charge is 0.496 e. The second kappa shape index (κ2) is 4.00. The highest BCUT2D eigenvalue weighted by atomic mass is 16.5. The van der Waals surface area contributed by atoms with Gasteiger partial charge in [0, 0.05) is 11.6 Å². The number of hydrogen-bond acceptors (Lipinski definition) is 3. The number of benzene rings is 1. The molecule has 1 atom stereocenters. The Kier molecular flexibility index (Phi) is 2.60. The summed E-state index contributed by atoms with van der Waals surface area (Å²) in [7, 11) is 1.73. The maximum absolute atomic E-state index is 6.52. The van der Waals surface area contributed by atoms with Crippen molar-refractivity contribution in [3.63, 3.8) is 0 Å². The first-order valence-electron chi connectivity index (χ1n) is 6.39. The Hall–Kier alpha value is -1.06. The molecule has 3 rings (SSSR count). The fourth-order valence-corrected chi connectivity index (χ4v) is 3.48. The molecule has 0 amide bonds. The Morgan fingerprint density at radius 1 is 1.35 bits per heavy atom. The number of methoxy groups -OCH3 is 1. The molecule has 17 heavy (non-hydrogen) atoms. The maximum Gasteiger partial charge on any atom is 0.123 e. The van der Waals surface area contributed by atoms with E-state index < -0.39 is 0 Å². The average molecular weight is 232 g/mol. The third-order valence-electron chi connectivity index (χ3n) is 4.49. The van der Waals surface area contributed by atoms with Crippen molar-refractivity contribution in [2.45, 2.75) is 25.3 Å². The van der Waals surface area contributed by atoms with Crippen LogP contribution in [-0.2, 0) is 6.42 Å². The van der Waals surface area contributed by atoms with Crippen LogP contribution in [0.2, 0.25) is 0 Å². The molecular weight excluding hydrogens is 212 g/mol. The number of rotatable bonds is 1. The first kappa shape index (κ1) is 11.1. The summed E-state index contributed by atoms with van der Waals surface area (Å²) in [5.74, 6) is 0.963. The maximum atomic E-state index is 6.52. The van der Waals surface area contributed by atoms with Crippen LogP contribution in [0, 0.1) is 5.41 Å². The lowest BCUT2D eigenvalue weighted by atomic mass is 9.73. The molecule has 3 heteroatoms. The Morgan fingerprint density at radius 3 is 2.82 bits per heavy atom. The zero-order valence-electron chi connectivity index (χ0n) is 10.3. The van der Waals surface area contributed by atoms with Crippen molar-refractivity contribution in [3.8, 4) is 5.75 Å². The van der Waals surface area contributed by atoms with Crippen LogP contribution in [0.15, 0.2) is 18.2 Å². The fourth-order valence-electron chi connectivity index (χ4n) is 3.48. The number of hydrogen-bond donors (Lipinski definition) is 2. The third-order valence-corrected chi connectivity index (χ3v) is 4.49. The number of ether oxygens (including phenoxy) is 1. The van der Waals surface area contributed by atoms with Crippen LogP contribution in [0.3, 0.4) is 0 Å². The molecule has 1 fully saturated rings. The van der Waals surface area contributed by atoms with Crippen molar-refractivity contribution in [2.75, 3.05) is 20.2 Å². The van der Waals surface area contributed by atoms with Gasteiger partial charge in [-0.1, -0.05) is 12.1 Å². The molecule has 0 radical (unpaired) electrons. The first-order chi connectivity index (χ1) is 8.27. The van der Waals surface area contributed by atoms with Crippen LogP contribution < -0.4 is 15.8 Å². The Morgan fingerprint density at radius 2 is 2.12 bits per heavy atom. The van der Waals surface area contributed by atoms with Gasteiger partial charge in [0.1, 0.15) is 5.75 Å². The van der Waals surface area contributed by atoms with Crippen LogP contribution in [0.5, 0.6) is 5.75 Å². The number of fused-ring (bicyclic) bond motifs is 1. The van der Waals surface area contributed by atoms with Crippen molar-refractivity contribution in [1.29, 1.82) is 0 Å². The minimum absolute atomic E-state index is 0.135. The Labute approximate surface area is 102 Å². The predicted molar refractivity (Wildman–Crippen MR) is 68.2 cm³/mol. The minimum atomic E-state index is 0.135. The molecule has 0 bridgehead atoms. The van der Waals surface area contributed by atoms with Gasteiger partial charge in [-0.05, 0) is 49.4 Å². The lowest BCUT2D eigenvalue weighted by Crippen LogP contribution is -2.42. The van der Waals surface area contributed by atoms with Gasteiger partial charge in [-0.3, -0.25) is 0 Å². The summed E-state index contributed by atoms with van der Waals surface area (Å²) in [4.78, 5) is 0. The van der Waals surface area contributed by atoms with Crippen molar-refractivity contribution >= 4 is 0 Å². The van der Waals surface area contributed by atoms with Crippen molar-refractivity contribution in [3.05, 3.63) is 29.3 Å². The van der Waals surface area contributed by atoms with Gasteiger partial charge in [-0.25, -0.2) is 0 Å². The molecule has 1 aliphatic heterocycles. The molecule has 1 unspecified atom stereocenters. The van der Waals surface area contributed by atoms with E-state index in [2.05, 4.69) is 17.4 Å². The Balaban J connectivity index is 2.02. The lowest BCUT2D eigenvalue weighted by molar-refractivity contribution is 0.172. The molecule has 1 aromatic carbocycles. The standard InChI is InChI=1S/C14H20N2O/c1-17-11-4-2-3-10-9-14(13(15)12(10)11)5-7-16-8-6-14/h2-4,13,16H,5-9,15H2,1H3. The van der Waals surface area contributed by atoms with Crippen LogP contribution >= 0.6 is 0 Å². The number of piperidine rings is 1. The van der Waals surface area contributed by atoms with Crippen molar-refractivity contribution in [1.82, 2.24) is 5.32 Å². The number of nitrogens with two attached hydrogens (primary N) is 1. The first-order valence-corrected chi connectivity index (χ1v) is 6.39. The summed E-state index contributed by atoms with van der Waals surface area (Å²) < 4.78 is 5.47. The topological polar surface area (TPSA) is 47.3 Å². The summed E-state index contributed by atoms with van der Waals surface area (Å²) in [5.41, 5.74) is 9.43. The lowest BCUT2D eigenvalue weighted by Gasteiger charge is -2.37. The van der Waals surface area contributed by atoms with Gasteiger partial charge in [0.2, 0.25) is 0 Å². The molecule has 1 spiro atoms. The molecule has 1 heterocycles. The van der Waals surface area contributed by atoms with Crippen LogP contribution in [0.4, 0.5) is 0 Å². The summed E-state index contributed by atoms with van der Waals surface area (Å²) in [6, 6.07) is 6.44. The molecule has 1 saturated heterocycles. The molecule has 3 N–H and O–H groups in total. The van der Waals surface area contributed by atoms with E-state index in [1.807, 2.05) is 6.07 Å². The van der Waals surface area contributed by atoms with Crippen molar-refractivity contribution < 1.29 is 4.74 Å². The average Bonchev–Trinajstić information content (AvgIpc) is 2.64. The predicted octanol–water partition coefficient (Wildman–Crippen LogP) is 1.62. The Bertz CT molecular complexity index is 424. The van der Waals surface area contributed by atoms with Crippen LogP contribution in [0.1, 0.15) is 30.0 Å². The molecule has 1 aromatic rings. The molecule has 0 aromatic heterocycles. The van der Waals surface area contributed by atoms with E-state index in [0.29, 0.717) is 0 Å². The van der Waals surface area contributed by atoms with E-state index in [0.717, 1.165) is 25.3 Å². The second-order valence-electron chi connectivity index (χ2n) is 5.30. The summed E-state index contributed by atoms with van der Waals surface area (Å²) in [6.45, 7) is 2.17. The van der Waals surface area contributed by atoms with Gasteiger partial charge >= 0.3 is 0 Å². The van der Waals surface area contributed by atoms with Crippen LogP contribution in [0.25, 0.3) is 0 Å². The van der Waals surface area contributed by atoms with Gasteiger partial charge < -0.3 is 15.8 Å². The minimum Gasteiger partial charge on any atom is -0.496 e. The van der Waals surface area contributed by atoms with Crippen LogP contribution in [-0.4, -0.2) is 20.2 Å². The smallest absolute Gasteiger partial charge is 0.123 e. The van der Waals surface area contributed by atoms with Gasteiger partial charge in [-0.2, -0.15) is 0 Å². The number of nitrogens with one attached hydrogen (secondary N) is 1. The monoisotopic (exact) mass is 232 g/mol. The fraction of sp³-hybridized carbons (Fsp3) is 0.571. The van der Waals surface area contributed by atoms with E-state index in [1.165, 1.54) is 24.0 Å². The molecule has 92 valence electrons. The van der Waals surface area contributed by atoms with Gasteiger partial charge in [-0.15, -0.1) is 0 Å². The molecule has 0 saturated carbocycles. The quantitative estimate of drug-likeness (QED) is 0.773. The normalized spacial score (nSPS) is 25.9.